The lowest BCUT2D eigenvalue weighted by molar-refractivity contribution is 0.102. The highest BCUT2D eigenvalue weighted by Crippen LogP contribution is 2.27. The van der Waals surface area contributed by atoms with Crippen molar-refractivity contribution < 1.29 is 9.53 Å². The van der Waals surface area contributed by atoms with Crippen LogP contribution in [-0.4, -0.2) is 18.0 Å². The maximum atomic E-state index is 12.4. The molecule has 3 rings (SSSR count). The van der Waals surface area contributed by atoms with Crippen LogP contribution in [-0.2, 0) is 0 Å². The van der Waals surface area contributed by atoms with Crippen LogP contribution in [0.5, 0.6) is 5.75 Å². The molecule has 0 atom stereocenters. The minimum absolute atomic E-state index is 0.226. The number of anilines is 2. The standard InChI is InChI=1S/C19H17N3O2/c1-24-16-5-2-14(3-6-16)19(23)22-18-12-15(4-7-17(18)20)13-8-10-21-11-9-13/h2-12H,20H2,1H3,(H,22,23). The van der Waals surface area contributed by atoms with Crippen LogP contribution in [0, 0.1) is 0 Å². The summed E-state index contributed by atoms with van der Waals surface area (Å²) >= 11 is 0. The van der Waals surface area contributed by atoms with E-state index < -0.39 is 0 Å². The lowest BCUT2D eigenvalue weighted by Gasteiger charge is -2.11. The van der Waals surface area contributed by atoms with E-state index in [4.69, 9.17) is 10.5 Å². The molecule has 0 saturated heterocycles. The first-order valence-corrected chi connectivity index (χ1v) is 7.42. The van der Waals surface area contributed by atoms with Crippen molar-refractivity contribution in [3.05, 3.63) is 72.6 Å². The first-order valence-electron chi connectivity index (χ1n) is 7.42. The smallest absolute Gasteiger partial charge is 0.255 e. The predicted octanol–water partition coefficient (Wildman–Crippen LogP) is 3.59. The third-order valence-corrected chi connectivity index (χ3v) is 3.67. The van der Waals surface area contributed by atoms with E-state index in [2.05, 4.69) is 10.3 Å². The molecule has 3 N–H and O–H groups in total. The number of pyridine rings is 1. The van der Waals surface area contributed by atoms with Gasteiger partial charge in [0.25, 0.3) is 5.91 Å². The number of rotatable bonds is 4. The summed E-state index contributed by atoms with van der Waals surface area (Å²) in [5.41, 5.74) is 9.57. The lowest BCUT2D eigenvalue weighted by atomic mass is 10.1. The van der Waals surface area contributed by atoms with Crippen LogP contribution in [0.4, 0.5) is 11.4 Å². The average molecular weight is 319 g/mol. The maximum Gasteiger partial charge on any atom is 0.255 e. The molecule has 24 heavy (non-hydrogen) atoms. The largest absolute Gasteiger partial charge is 0.497 e. The monoisotopic (exact) mass is 319 g/mol. The number of methoxy groups -OCH3 is 1. The summed E-state index contributed by atoms with van der Waals surface area (Å²) in [6.07, 6.45) is 3.45. The van der Waals surface area contributed by atoms with E-state index in [1.165, 1.54) is 0 Å². The molecule has 0 spiro atoms. The molecule has 0 bridgehead atoms. The van der Waals surface area contributed by atoms with Crippen molar-refractivity contribution in [3.63, 3.8) is 0 Å². The third-order valence-electron chi connectivity index (χ3n) is 3.67. The molecule has 0 aliphatic carbocycles. The van der Waals surface area contributed by atoms with Crippen molar-refractivity contribution in [1.29, 1.82) is 0 Å². The Morgan fingerprint density at radius 1 is 1.00 bits per heavy atom. The van der Waals surface area contributed by atoms with Crippen LogP contribution >= 0.6 is 0 Å². The molecule has 5 heteroatoms. The summed E-state index contributed by atoms with van der Waals surface area (Å²) in [5.74, 6) is 0.474. The molecule has 2 aromatic carbocycles. The number of ether oxygens (including phenoxy) is 1. The normalized spacial score (nSPS) is 10.2. The number of hydrogen-bond donors (Lipinski definition) is 2. The van der Waals surface area contributed by atoms with E-state index in [-0.39, 0.29) is 5.91 Å². The highest BCUT2D eigenvalue weighted by atomic mass is 16.5. The summed E-state index contributed by atoms with van der Waals surface area (Å²) in [4.78, 5) is 16.4. The maximum absolute atomic E-state index is 12.4. The van der Waals surface area contributed by atoms with Crippen molar-refractivity contribution in [1.82, 2.24) is 4.98 Å². The van der Waals surface area contributed by atoms with Gasteiger partial charge in [-0.3, -0.25) is 9.78 Å². The van der Waals surface area contributed by atoms with Crippen LogP contribution in [0.3, 0.4) is 0 Å². The molecule has 0 saturated carbocycles. The van der Waals surface area contributed by atoms with Crippen molar-refractivity contribution in [3.8, 4) is 16.9 Å². The zero-order valence-electron chi connectivity index (χ0n) is 13.2. The van der Waals surface area contributed by atoms with Crippen molar-refractivity contribution >= 4 is 17.3 Å². The third kappa shape index (κ3) is 3.35. The zero-order chi connectivity index (χ0) is 16.9. The Morgan fingerprint density at radius 3 is 2.38 bits per heavy atom. The molecule has 1 heterocycles. The Labute approximate surface area is 140 Å². The molecule has 5 nitrogen and oxygen atoms in total. The van der Waals surface area contributed by atoms with Crippen molar-refractivity contribution in [2.24, 2.45) is 0 Å². The van der Waals surface area contributed by atoms with Crippen molar-refractivity contribution in [2.75, 3.05) is 18.2 Å². The fraction of sp³-hybridized carbons (Fsp3) is 0.0526. The van der Waals surface area contributed by atoms with Gasteiger partial charge in [0.1, 0.15) is 5.75 Å². The zero-order valence-corrected chi connectivity index (χ0v) is 13.2. The number of carbonyl (C=O) groups excluding carboxylic acids is 1. The van der Waals surface area contributed by atoms with Crippen molar-refractivity contribution in [2.45, 2.75) is 0 Å². The molecule has 1 amide bonds. The average Bonchev–Trinajstić information content (AvgIpc) is 2.64. The molecule has 0 aliphatic rings. The molecule has 1 aromatic heterocycles. The molecular weight excluding hydrogens is 302 g/mol. The summed E-state index contributed by atoms with van der Waals surface area (Å²) < 4.78 is 5.09. The van der Waals surface area contributed by atoms with Gasteiger partial charge in [0.05, 0.1) is 18.5 Å². The minimum atomic E-state index is -0.226. The Bertz CT molecular complexity index is 846. The number of hydrogen-bond acceptors (Lipinski definition) is 4. The molecule has 0 fully saturated rings. The van der Waals surface area contributed by atoms with E-state index in [1.54, 1.807) is 49.8 Å². The number of aromatic nitrogens is 1. The first-order chi connectivity index (χ1) is 11.7. The number of nitrogens with one attached hydrogen (secondary N) is 1. The molecule has 3 aromatic rings. The molecule has 0 radical (unpaired) electrons. The summed E-state index contributed by atoms with van der Waals surface area (Å²) in [5, 5.41) is 2.85. The quantitative estimate of drug-likeness (QED) is 0.720. The van der Waals surface area contributed by atoms with Crippen LogP contribution in [0.15, 0.2) is 67.0 Å². The number of benzene rings is 2. The molecule has 120 valence electrons. The Balaban J connectivity index is 1.85. The van der Waals surface area contributed by atoms with E-state index >= 15 is 0 Å². The summed E-state index contributed by atoms with van der Waals surface area (Å²) in [6, 6.07) is 16.2. The van der Waals surface area contributed by atoms with Gasteiger partial charge in [0.15, 0.2) is 0 Å². The van der Waals surface area contributed by atoms with Gasteiger partial charge in [-0.1, -0.05) is 6.07 Å². The molecule has 0 aliphatic heterocycles. The van der Waals surface area contributed by atoms with Gasteiger partial charge in [0.2, 0.25) is 0 Å². The van der Waals surface area contributed by atoms with Gasteiger partial charge in [-0.2, -0.15) is 0 Å². The second kappa shape index (κ2) is 6.83. The van der Waals surface area contributed by atoms with Gasteiger partial charge in [0, 0.05) is 18.0 Å². The first kappa shape index (κ1) is 15.6. The van der Waals surface area contributed by atoms with Crippen LogP contribution in [0.25, 0.3) is 11.1 Å². The Hall–Kier alpha value is -3.34. The Morgan fingerprint density at radius 2 is 1.71 bits per heavy atom. The van der Waals surface area contributed by atoms with Gasteiger partial charge >= 0.3 is 0 Å². The van der Waals surface area contributed by atoms with Gasteiger partial charge in [-0.25, -0.2) is 0 Å². The number of nitrogens with zero attached hydrogens (tertiary/aromatic N) is 1. The summed E-state index contributed by atoms with van der Waals surface area (Å²) in [6.45, 7) is 0. The van der Waals surface area contributed by atoms with E-state index in [0.717, 1.165) is 11.1 Å². The van der Waals surface area contributed by atoms with Gasteiger partial charge in [-0.05, 0) is 59.7 Å². The number of nitrogen functional groups attached to an aromatic ring is 1. The second-order valence-corrected chi connectivity index (χ2v) is 5.22. The number of carbonyl (C=O) groups is 1. The number of nitrogens with two attached hydrogens (primary N) is 1. The van der Waals surface area contributed by atoms with E-state index in [0.29, 0.717) is 22.7 Å². The fourth-order valence-electron chi connectivity index (χ4n) is 2.33. The molecular formula is C19H17N3O2. The SMILES string of the molecule is COc1ccc(C(=O)Nc2cc(-c3ccncc3)ccc2N)cc1. The van der Waals surface area contributed by atoms with Gasteiger partial charge < -0.3 is 15.8 Å². The van der Waals surface area contributed by atoms with Crippen LogP contribution in [0.2, 0.25) is 0 Å². The summed E-state index contributed by atoms with van der Waals surface area (Å²) in [7, 11) is 1.58. The van der Waals surface area contributed by atoms with Crippen LogP contribution < -0.4 is 15.8 Å². The van der Waals surface area contributed by atoms with E-state index in [9.17, 15) is 4.79 Å². The Kier molecular flexibility index (Phi) is 4.43. The predicted molar refractivity (Wildman–Crippen MR) is 95.0 cm³/mol. The topological polar surface area (TPSA) is 77.2 Å². The second-order valence-electron chi connectivity index (χ2n) is 5.22. The fourth-order valence-corrected chi connectivity index (χ4v) is 2.33. The number of amides is 1. The highest BCUT2D eigenvalue weighted by Gasteiger charge is 2.09. The minimum Gasteiger partial charge on any atom is -0.497 e. The van der Waals surface area contributed by atoms with Crippen LogP contribution in [0.1, 0.15) is 10.4 Å². The highest BCUT2D eigenvalue weighted by molar-refractivity contribution is 6.06. The van der Waals surface area contributed by atoms with Gasteiger partial charge in [-0.15, -0.1) is 0 Å². The van der Waals surface area contributed by atoms with E-state index in [1.807, 2.05) is 24.3 Å². The lowest BCUT2D eigenvalue weighted by Crippen LogP contribution is -2.13. The molecule has 0 unspecified atom stereocenters.